The van der Waals surface area contributed by atoms with E-state index in [2.05, 4.69) is 0 Å². The maximum absolute atomic E-state index is 10.9. The highest BCUT2D eigenvalue weighted by Crippen LogP contribution is 2.35. The Morgan fingerprint density at radius 2 is 2.17 bits per heavy atom. The molecule has 12 heavy (non-hydrogen) atoms. The molecule has 0 radical (unpaired) electrons. The summed E-state index contributed by atoms with van der Waals surface area (Å²) in [4.78, 5) is 11.7. The van der Waals surface area contributed by atoms with Gasteiger partial charge in [0.05, 0.1) is 13.0 Å². The number of thiophene rings is 1. The van der Waals surface area contributed by atoms with Crippen molar-refractivity contribution in [1.29, 1.82) is 0 Å². The summed E-state index contributed by atoms with van der Waals surface area (Å²) < 4.78 is 5.48. The minimum absolute atomic E-state index is 0.103. The number of rotatable bonds is 3. The molecule has 0 fully saturated rings. The third kappa shape index (κ3) is 2.58. The highest BCUT2D eigenvalue weighted by atomic mass is 32.1. The van der Waals surface area contributed by atoms with Gasteiger partial charge in [-0.05, 0) is 32.4 Å². The van der Waals surface area contributed by atoms with Crippen LogP contribution in [-0.2, 0) is 0 Å². The van der Waals surface area contributed by atoms with E-state index < -0.39 is 0 Å². The number of hydrogen-bond acceptors (Lipinski definition) is 3. The van der Waals surface area contributed by atoms with Gasteiger partial charge in [-0.3, -0.25) is 4.79 Å². The molecule has 2 nitrogen and oxygen atoms in total. The zero-order chi connectivity index (χ0) is 9.14. The molecule has 1 aromatic heterocycles. The van der Waals surface area contributed by atoms with Crippen molar-refractivity contribution in [2.75, 3.05) is 13.3 Å². The van der Waals surface area contributed by atoms with Crippen molar-refractivity contribution in [3.05, 3.63) is 17.0 Å². The molecule has 0 unspecified atom stereocenters. The van der Waals surface area contributed by atoms with E-state index in [1.807, 2.05) is 19.4 Å². The molecule has 0 saturated heterocycles. The first-order chi connectivity index (χ1) is 5.59. The van der Waals surface area contributed by atoms with Crippen molar-refractivity contribution in [3.63, 3.8) is 0 Å². The van der Waals surface area contributed by atoms with E-state index in [9.17, 15) is 4.79 Å². The van der Waals surface area contributed by atoms with Gasteiger partial charge < -0.3 is 4.52 Å². The maximum atomic E-state index is 10.9. The normalized spacial score (nSPS) is 10.3. The number of carbonyl (C=O) groups is 1. The standard InChI is InChI=1S/C8H11O2PS/c1-6(9)7-4-5-8(12-7)10-11(2)3/h4-5H,1-3H3. The fourth-order valence-corrected chi connectivity index (χ4v) is 2.39. The van der Waals surface area contributed by atoms with Crippen LogP contribution in [0.1, 0.15) is 16.6 Å². The summed E-state index contributed by atoms with van der Waals surface area (Å²) in [5.74, 6) is 0.103. The molecule has 66 valence electrons. The second kappa shape index (κ2) is 4.01. The summed E-state index contributed by atoms with van der Waals surface area (Å²) in [6.45, 7) is 5.63. The Balaban J connectivity index is 2.71. The summed E-state index contributed by atoms with van der Waals surface area (Å²) in [6, 6.07) is 3.66. The van der Waals surface area contributed by atoms with E-state index in [-0.39, 0.29) is 13.9 Å². The Labute approximate surface area is 77.4 Å². The van der Waals surface area contributed by atoms with Crippen LogP contribution in [0.3, 0.4) is 0 Å². The predicted octanol–water partition coefficient (Wildman–Crippen LogP) is 2.99. The first kappa shape index (κ1) is 9.69. The van der Waals surface area contributed by atoms with Crippen LogP contribution in [0.4, 0.5) is 0 Å². The number of ketones is 1. The summed E-state index contributed by atoms with van der Waals surface area (Å²) >= 11 is 1.41. The second-order valence-corrected chi connectivity index (χ2v) is 5.43. The lowest BCUT2D eigenvalue weighted by molar-refractivity contribution is 0.102. The molecule has 0 aromatic carbocycles. The molecule has 0 saturated carbocycles. The van der Waals surface area contributed by atoms with Gasteiger partial charge in [0.1, 0.15) is 0 Å². The summed E-state index contributed by atoms with van der Waals surface area (Å²) in [7, 11) is -0.384. The molecular weight excluding hydrogens is 191 g/mol. The molecule has 0 amide bonds. The monoisotopic (exact) mass is 202 g/mol. The third-order valence-corrected chi connectivity index (χ3v) is 2.95. The summed E-state index contributed by atoms with van der Waals surface area (Å²) in [5.41, 5.74) is 0. The Morgan fingerprint density at radius 3 is 2.58 bits per heavy atom. The Bertz CT molecular complexity index is 280. The molecule has 0 atom stereocenters. The largest absolute Gasteiger partial charge is 0.465 e. The smallest absolute Gasteiger partial charge is 0.177 e. The molecule has 0 aliphatic carbocycles. The van der Waals surface area contributed by atoms with Crippen LogP contribution in [0.25, 0.3) is 0 Å². The van der Waals surface area contributed by atoms with Gasteiger partial charge in [0.2, 0.25) is 0 Å². The predicted molar refractivity (Wildman–Crippen MR) is 53.7 cm³/mol. The lowest BCUT2D eigenvalue weighted by Gasteiger charge is -2.04. The number of carbonyl (C=O) groups excluding carboxylic acids is 1. The zero-order valence-electron chi connectivity index (χ0n) is 7.33. The molecule has 1 aromatic rings. The van der Waals surface area contributed by atoms with Gasteiger partial charge in [-0.15, -0.1) is 0 Å². The average Bonchev–Trinajstić information content (AvgIpc) is 2.34. The number of hydrogen-bond donors (Lipinski definition) is 0. The fourth-order valence-electron chi connectivity index (χ4n) is 0.738. The van der Waals surface area contributed by atoms with Crippen molar-refractivity contribution in [2.45, 2.75) is 6.92 Å². The quantitative estimate of drug-likeness (QED) is 0.556. The molecule has 0 bridgehead atoms. The van der Waals surface area contributed by atoms with Gasteiger partial charge in [0.25, 0.3) is 0 Å². The molecule has 1 rings (SSSR count). The van der Waals surface area contributed by atoms with Gasteiger partial charge >= 0.3 is 0 Å². The van der Waals surface area contributed by atoms with Crippen LogP contribution in [0.2, 0.25) is 0 Å². The van der Waals surface area contributed by atoms with Crippen LogP contribution in [0.15, 0.2) is 12.1 Å². The van der Waals surface area contributed by atoms with Crippen molar-refractivity contribution in [3.8, 4) is 5.06 Å². The van der Waals surface area contributed by atoms with Crippen LogP contribution >= 0.6 is 19.5 Å². The van der Waals surface area contributed by atoms with Gasteiger partial charge in [0, 0.05) is 0 Å². The Kier molecular flexibility index (Phi) is 3.24. The van der Waals surface area contributed by atoms with Crippen molar-refractivity contribution < 1.29 is 9.32 Å². The van der Waals surface area contributed by atoms with Crippen LogP contribution in [0.5, 0.6) is 5.06 Å². The van der Waals surface area contributed by atoms with Crippen molar-refractivity contribution in [1.82, 2.24) is 0 Å². The van der Waals surface area contributed by atoms with Gasteiger partial charge in [-0.2, -0.15) is 0 Å². The number of Topliss-reactive ketones (excluding diaryl/α,β-unsaturated/α-hetero) is 1. The molecule has 4 heteroatoms. The first-order valence-electron chi connectivity index (χ1n) is 3.55. The lowest BCUT2D eigenvalue weighted by atomic mass is 10.4. The minimum atomic E-state index is -0.384. The lowest BCUT2D eigenvalue weighted by Crippen LogP contribution is -1.83. The van der Waals surface area contributed by atoms with Crippen LogP contribution < -0.4 is 4.52 Å². The van der Waals surface area contributed by atoms with E-state index in [1.165, 1.54) is 11.3 Å². The maximum Gasteiger partial charge on any atom is 0.177 e. The van der Waals surface area contributed by atoms with Gasteiger partial charge in [0.15, 0.2) is 10.8 Å². The topological polar surface area (TPSA) is 26.3 Å². The van der Waals surface area contributed by atoms with Crippen molar-refractivity contribution >= 4 is 25.3 Å². The average molecular weight is 202 g/mol. The van der Waals surface area contributed by atoms with Crippen LogP contribution in [-0.4, -0.2) is 19.1 Å². The molecule has 0 N–H and O–H groups in total. The van der Waals surface area contributed by atoms with E-state index >= 15 is 0 Å². The highest BCUT2D eigenvalue weighted by Gasteiger charge is 2.05. The summed E-state index contributed by atoms with van der Waals surface area (Å²) in [5, 5.41) is 0.844. The Hall–Kier alpha value is -0.400. The van der Waals surface area contributed by atoms with E-state index in [0.717, 1.165) is 9.94 Å². The van der Waals surface area contributed by atoms with Crippen LogP contribution in [0, 0.1) is 0 Å². The highest BCUT2D eigenvalue weighted by molar-refractivity contribution is 7.51. The Morgan fingerprint density at radius 1 is 1.50 bits per heavy atom. The molecular formula is C8H11O2PS. The SMILES string of the molecule is CC(=O)c1ccc(OP(C)C)s1. The van der Waals surface area contributed by atoms with E-state index in [4.69, 9.17) is 4.52 Å². The fraction of sp³-hybridized carbons (Fsp3) is 0.375. The molecule has 1 heterocycles. The molecule has 0 aliphatic heterocycles. The molecule has 0 spiro atoms. The van der Waals surface area contributed by atoms with E-state index in [1.54, 1.807) is 13.0 Å². The second-order valence-electron chi connectivity index (χ2n) is 2.58. The first-order valence-corrected chi connectivity index (χ1v) is 6.52. The minimum Gasteiger partial charge on any atom is -0.465 e. The third-order valence-electron chi connectivity index (χ3n) is 1.20. The molecule has 0 aliphatic rings. The zero-order valence-corrected chi connectivity index (χ0v) is 9.04. The summed E-state index contributed by atoms with van der Waals surface area (Å²) in [6.07, 6.45) is 0. The van der Waals surface area contributed by atoms with Gasteiger partial charge in [-0.25, -0.2) is 0 Å². The van der Waals surface area contributed by atoms with Crippen molar-refractivity contribution in [2.24, 2.45) is 0 Å². The van der Waals surface area contributed by atoms with E-state index in [0.29, 0.717) is 0 Å². The van der Waals surface area contributed by atoms with Gasteiger partial charge in [-0.1, -0.05) is 11.3 Å².